The summed E-state index contributed by atoms with van der Waals surface area (Å²) < 4.78 is 16.8. The maximum absolute atomic E-state index is 12.4. The van der Waals surface area contributed by atoms with Crippen LogP contribution in [0.2, 0.25) is 0 Å². The van der Waals surface area contributed by atoms with E-state index >= 15 is 0 Å². The van der Waals surface area contributed by atoms with E-state index in [1.54, 1.807) is 30.3 Å². The van der Waals surface area contributed by atoms with Crippen LogP contribution >= 0.6 is 0 Å². The molecule has 7 nitrogen and oxygen atoms in total. The number of pyridine rings is 1. The fraction of sp³-hybridized carbons (Fsp3) is 0.500. The minimum absolute atomic E-state index is 0.102. The third kappa shape index (κ3) is 3.17. The van der Waals surface area contributed by atoms with E-state index < -0.39 is 0 Å². The maximum Gasteiger partial charge on any atom is 0.276 e. The molecule has 2 aliphatic rings. The van der Waals surface area contributed by atoms with Crippen LogP contribution in [-0.4, -0.2) is 52.9 Å². The number of carbonyl (C=O) groups excluding carboxylic acids is 1. The molecular formula is C18H21N3O4. The van der Waals surface area contributed by atoms with Crippen LogP contribution in [0.4, 0.5) is 0 Å². The molecule has 2 saturated heterocycles. The summed E-state index contributed by atoms with van der Waals surface area (Å²) in [5.74, 6) is 0.838. The first-order chi connectivity index (χ1) is 12.2. The second-order valence-corrected chi connectivity index (χ2v) is 6.75. The van der Waals surface area contributed by atoms with Gasteiger partial charge in [-0.1, -0.05) is 5.16 Å². The van der Waals surface area contributed by atoms with Gasteiger partial charge in [0, 0.05) is 31.0 Å². The lowest BCUT2D eigenvalue weighted by Gasteiger charge is -2.49. The molecule has 25 heavy (non-hydrogen) atoms. The monoisotopic (exact) mass is 343 g/mol. The number of rotatable bonds is 5. The minimum atomic E-state index is -0.271. The van der Waals surface area contributed by atoms with Gasteiger partial charge in [-0.05, 0) is 31.0 Å². The molecule has 2 aliphatic heterocycles. The number of ether oxygens (including phenoxy) is 2. The molecule has 2 fully saturated rings. The second-order valence-electron chi connectivity index (χ2n) is 6.75. The molecule has 0 aromatic carbocycles. The number of likely N-dealkylation sites (tertiary alicyclic amines) is 1. The van der Waals surface area contributed by atoms with E-state index in [0.717, 1.165) is 12.0 Å². The van der Waals surface area contributed by atoms with Crippen molar-refractivity contribution in [3.05, 3.63) is 47.6 Å². The Morgan fingerprint density at radius 2 is 2.20 bits per heavy atom. The Hall–Kier alpha value is -2.25. The summed E-state index contributed by atoms with van der Waals surface area (Å²) in [4.78, 5) is 18.2. The number of nitrogens with zero attached hydrogens (tertiary/aromatic N) is 3. The highest BCUT2D eigenvalue weighted by molar-refractivity contribution is 5.93. The maximum atomic E-state index is 12.4. The van der Waals surface area contributed by atoms with E-state index in [1.165, 1.54) is 0 Å². The highest BCUT2D eigenvalue weighted by Gasteiger charge is 2.54. The molecule has 2 aromatic rings. The van der Waals surface area contributed by atoms with Crippen molar-refractivity contribution in [3.63, 3.8) is 0 Å². The average molecular weight is 343 g/mol. The molecule has 1 amide bonds. The molecule has 0 aliphatic carbocycles. The van der Waals surface area contributed by atoms with Crippen LogP contribution in [0.15, 0.2) is 35.1 Å². The Morgan fingerprint density at radius 1 is 1.40 bits per heavy atom. The van der Waals surface area contributed by atoms with Gasteiger partial charge in [0.05, 0.1) is 26.3 Å². The van der Waals surface area contributed by atoms with E-state index in [-0.39, 0.29) is 11.5 Å². The van der Waals surface area contributed by atoms with Crippen molar-refractivity contribution in [2.75, 3.05) is 26.3 Å². The van der Waals surface area contributed by atoms with Crippen molar-refractivity contribution in [2.45, 2.75) is 25.6 Å². The lowest BCUT2D eigenvalue weighted by atomic mass is 9.81. The molecule has 4 heterocycles. The zero-order valence-corrected chi connectivity index (χ0v) is 14.2. The van der Waals surface area contributed by atoms with Crippen LogP contribution in [0.5, 0.6) is 0 Å². The Balaban J connectivity index is 1.31. The number of hydrogen-bond acceptors (Lipinski definition) is 6. The zero-order chi connectivity index (χ0) is 17.3. The van der Waals surface area contributed by atoms with Crippen molar-refractivity contribution in [1.29, 1.82) is 0 Å². The van der Waals surface area contributed by atoms with Gasteiger partial charge < -0.3 is 18.9 Å². The van der Waals surface area contributed by atoms with Gasteiger partial charge in [0.15, 0.2) is 5.69 Å². The van der Waals surface area contributed by atoms with Gasteiger partial charge in [-0.3, -0.25) is 9.78 Å². The van der Waals surface area contributed by atoms with E-state index in [2.05, 4.69) is 10.1 Å². The van der Waals surface area contributed by atoms with Crippen molar-refractivity contribution in [2.24, 2.45) is 5.92 Å². The van der Waals surface area contributed by atoms with Gasteiger partial charge in [-0.25, -0.2) is 0 Å². The summed E-state index contributed by atoms with van der Waals surface area (Å²) in [5.41, 5.74) is 1.19. The number of aromatic nitrogens is 2. The van der Waals surface area contributed by atoms with Gasteiger partial charge in [0.2, 0.25) is 0 Å². The van der Waals surface area contributed by atoms with E-state index in [9.17, 15) is 4.79 Å². The predicted octanol–water partition coefficient (Wildman–Crippen LogP) is 1.83. The SMILES string of the molecule is Cc1cc(C(=O)N2CC3(C2)OCC[C@H]3COCc2ccncc2)no1. The van der Waals surface area contributed by atoms with Crippen molar-refractivity contribution in [1.82, 2.24) is 15.0 Å². The fourth-order valence-electron chi connectivity index (χ4n) is 3.54. The molecule has 132 valence electrons. The predicted molar refractivity (Wildman–Crippen MR) is 87.8 cm³/mol. The van der Waals surface area contributed by atoms with Crippen LogP contribution < -0.4 is 0 Å². The third-order valence-electron chi connectivity index (χ3n) is 4.99. The molecule has 1 atom stereocenters. The topological polar surface area (TPSA) is 77.7 Å². The van der Waals surface area contributed by atoms with Crippen LogP contribution in [0, 0.1) is 12.8 Å². The molecule has 0 bridgehead atoms. The van der Waals surface area contributed by atoms with Crippen LogP contribution in [0.25, 0.3) is 0 Å². The summed E-state index contributed by atoms with van der Waals surface area (Å²) in [6.07, 6.45) is 4.49. The van der Waals surface area contributed by atoms with Crippen molar-refractivity contribution >= 4 is 5.91 Å². The van der Waals surface area contributed by atoms with Gasteiger partial charge in [-0.15, -0.1) is 0 Å². The molecule has 0 N–H and O–H groups in total. The number of aryl methyl sites for hydroxylation is 1. The summed E-state index contributed by atoms with van der Waals surface area (Å²) in [6.45, 7) is 4.86. The Bertz CT molecular complexity index is 740. The second kappa shape index (κ2) is 6.57. The lowest BCUT2D eigenvalue weighted by molar-refractivity contribution is -0.129. The molecular weight excluding hydrogens is 322 g/mol. The smallest absolute Gasteiger partial charge is 0.276 e. The average Bonchev–Trinajstić information content (AvgIpc) is 3.20. The molecule has 4 rings (SSSR count). The Morgan fingerprint density at radius 3 is 2.92 bits per heavy atom. The number of amides is 1. The lowest BCUT2D eigenvalue weighted by Crippen LogP contribution is -2.66. The minimum Gasteiger partial charge on any atom is -0.376 e. The van der Waals surface area contributed by atoms with Gasteiger partial charge in [-0.2, -0.15) is 0 Å². The summed E-state index contributed by atoms with van der Waals surface area (Å²) in [5, 5.41) is 3.80. The fourth-order valence-corrected chi connectivity index (χ4v) is 3.54. The van der Waals surface area contributed by atoms with Gasteiger partial charge in [0.1, 0.15) is 11.4 Å². The van der Waals surface area contributed by atoms with Crippen LogP contribution in [-0.2, 0) is 16.1 Å². The van der Waals surface area contributed by atoms with Gasteiger partial charge >= 0.3 is 0 Å². The molecule has 0 radical (unpaired) electrons. The van der Waals surface area contributed by atoms with Crippen molar-refractivity contribution < 1.29 is 18.8 Å². The molecule has 7 heteroatoms. The van der Waals surface area contributed by atoms with E-state index in [4.69, 9.17) is 14.0 Å². The normalized spacial score (nSPS) is 21.5. The quantitative estimate of drug-likeness (QED) is 0.824. The highest BCUT2D eigenvalue weighted by atomic mass is 16.5. The molecule has 0 saturated carbocycles. The van der Waals surface area contributed by atoms with E-state index in [1.807, 2.05) is 12.1 Å². The summed E-state index contributed by atoms with van der Waals surface area (Å²) in [6, 6.07) is 5.56. The Labute approximate surface area is 145 Å². The first-order valence-corrected chi connectivity index (χ1v) is 8.49. The molecule has 1 spiro atoms. The third-order valence-corrected chi connectivity index (χ3v) is 4.99. The largest absolute Gasteiger partial charge is 0.376 e. The van der Waals surface area contributed by atoms with Crippen molar-refractivity contribution in [3.8, 4) is 0 Å². The van der Waals surface area contributed by atoms with Crippen LogP contribution in [0.1, 0.15) is 28.2 Å². The highest BCUT2D eigenvalue weighted by Crippen LogP contribution is 2.40. The summed E-state index contributed by atoms with van der Waals surface area (Å²) >= 11 is 0. The Kier molecular flexibility index (Phi) is 4.27. The number of hydrogen-bond donors (Lipinski definition) is 0. The molecule has 2 aromatic heterocycles. The first kappa shape index (κ1) is 16.2. The molecule has 0 unspecified atom stereocenters. The number of carbonyl (C=O) groups is 1. The van der Waals surface area contributed by atoms with Gasteiger partial charge in [0.25, 0.3) is 5.91 Å². The van der Waals surface area contributed by atoms with Crippen LogP contribution in [0.3, 0.4) is 0 Å². The zero-order valence-electron chi connectivity index (χ0n) is 14.2. The summed E-state index contributed by atoms with van der Waals surface area (Å²) in [7, 11) is 0. The first-order valence-electron chi connectivity index (χ1n) is 8.49. The standard InChI is InChI=1S/C18H21N3O4/c1-13-8-16(20-25-13)17(22)21-11-18(12-21)15(4-7-24-18)10-23-9-14-2-5-19-6-3-14/h2-3,5-6,8,15H,4,7,9-12H2,1H3/t15-/m0/s1. The van der Waals surface area contributed by atoms with E-state index in [0.29, 0.717) is 50.3 Å².